The van der Waals surface area contributed by atoms with Gasteiger partial charge < -0.3 is 5.32 Å². The first-order valence-corrected chi connectivity index (χ1v) is 6.14. The van der Waals surface area contributed by atoms with Crippen molar-refractivity contribution in [1.29, 1.82) is 0 Å². The third-order valence-electron chi connectivity index (χ3n) is 2.81. The molecule has 0 spiro atoms. The van der Waals surface area contributed by atoms with Crippen molar-refractivity contribution in [2.75, 3.05) is 5.32 Å². The quantitative estimate of drug-likeness (QED) is 0.757. The molecule has 0 aliphatic heterocycles. The molecule has 94 valence electrons. The maximum Gasteiger partial charge on any atom is 0.180 e. The Hall–Kier alpha value is -2.49. The molecule has 0 aliphatic carbocycles. The predicted octanol–water partition coefficient (Wildman–Crippen LogP) is 3.39. The van der Waals surface area contributed by atoms with Crippen LogP contribution >= 0.6 is 0 Å². The summed E-state index contributed by atoms with van der Waals surface area (Å²) in [6.07, 6.45) is 3.44. The fraction of sp³-hybridized carbons (Fsp3) is 0.133. The molecule has 0 aliphatic rings. The van der Waals surface area contributed by atoms with Crippen LogP contribution in [0.1, 0.15) is 11.1 Å². The molecule has 0 saturated heterocycles. The first-order chi connectivity index (χ1) is 9.20. The second kappa shape index (κ2) is 4.65. The number of rotatable bonds is 2. The first-order valence-electron chi connectivity index (χ1n) is 6.14. The van der Waals surface area contributed by atoms with Gasteiger partial charge in [0.05, 0.1) is 6.20 Å². The molecule has 2 aromatic heterocycles. The molecule has 0 unspecified atom stereocenters. The topological polar surface area (TPSA) is 50.7 Å². The van der Waals surface area contributed by atoms with E-state index in [1.54, 1.807) is 12.4 Å². The lowest BCUT2D eigenvalue weighted by Crippen LogP contribution is -1.97. The molecule has 1 aromatic carbocycles. The molecular weight excluding hydrogens is 236 g/mol. The summed E-state index contributed by atoms with van der Waals surface area (Å²) < 4.78 is 0. The Morgan fingerprint density at radius 3 is 2.58 bits per heavy atom. The molecule has 0 saturated carbocycles. The van der Waals surface area contributed by atoms with Crippen LogP contribution in [0.4, 0.5) is 11.5 Å². The van der Waals surface area contributed by atoms with Crippen LogP contribution in [0.5, 0.6) is 0 Å². The molecule has 4 nitrogen and oxygen atoms in total. The molecule has 0 fully saturated rings. The van der Waals surface area contributed by atoms with Crippen molar-refractivity contribution in [2.45, 2.75) is 13.8 Å². The normalized spacial score (nSPS) is 10.6. The summed E-state index contributed by atoms with van der Waals surface area (Å²) in [6, 6.07) is 10.1. The van der Waals surface area contributed by atoms with Crippen LogP contribution in [0.15, 0.2) is 42.7 Å². The van der Waals surface area contributed by atoms with E-state index in [1.807, 2.05) is 12.1 Å². The molecular formula is C15H14N4. The number of benzene rings is 1. The Bertz CT molecular complexity index is 717. The zero-order valence-electron chi connectivity index (χ0n) is 10.9. The molecule has 0 radical (unpaired) electrons. The van der Waals surface area contributed by atoms with Gasteiger partial charge in [0.25, 0.3) is 0 Å². The van der Waals surface area contributed by atoms with Gasteiger partial charge in [-0.15, -0.1) is 0 Å². The number of nitrogens with zero attached hydrogens (tertiary/aromatic N) is 3. The maximum atomic E-state index is 4.45. The van der Waals surface area contributed by atoms with Crippen LogP contribution in [0.3, 0.4) is 0 Å². The highest BCUT2D eigenvalue weighted by Gasteiger charge is 2.01. The van der Waals surface area contributed by atoms with Crippen molar-refractivity contribution < 1.29 is 0 Å². The summed E-state index contributed by atoms with van der Waals surface area (Å²) in [5.74, 6) is 0.705. The van der Waals surface area contributed by atoms with E-state index in [4.69, 9.17) is 0 Å². The highest BCUT2D eigenvalue weighted by Crippen LogP contribution is 2.18. The standard InChI is InChI=1S/C15H14N4/c1-10-6-11(2)8-12(7-10)18-14-9-17-13-4-3-5-16-15(13)19-14/h3-9H,1-2H3,(H,16,18,19). The fourth-order valence-electron chi connectivity index (χ4n) is 2.10. The van der Waals surface area contributed by atoms with Crippen molar-refractivity contribution in [3.63, 3.8) is 0 Å². The monoisotopic (exact) mass is 250 g/mol. The summed E-state index contributed by atoms with van der Waals surface area (Å²) in [7, 11) is 0. The minimum atomic E-state index is 0.650. The molecule has 3 aromatic rings. The Morgan fingerprint density at radius 1 is 1.00 bits per heavy atom. The number of aromatic nitrogens is 3. The second-order valence-corrected chi connectivity index (χ2v) is 4.60. The molecule has 0 amide bonds. The first kappa shape index (κ1) is 11.6. The summed E-state index contributed by atoms with van der Waals surface area (Å²) in [4.78, 5) is 13.0. The van der Waals surface area contributed by atoms with Crippen LogP contribution < -0.4 is 5.32 Å². The van der Waals surface area contributed by atoms with E-state index in [9.17, 15) is 0 Å². The summed E-state index contributed by atoms with van der Waals surface area (Å²) in [6.45, 7) is 4.15. The van der Waals surface area contributed by atoms with E-state index >= 15 is 0 Å². The summed E-state index contributed by atoms with van der Waals surface area (Å²) in [5.41, 5.74) is 4.90. The van der Waals surface area contributed by atoms with Crippen molar-refractivity contribution in [1.82, 2.24) is 15.0 Å². The molecule has 1 N–H and O–H groups in total. The van der Waals surface area contributed by atoms with Gasteiger partial charge in [-0.1, -0.05) is 6.07 Å². The highest BCUT2D eigenvalue weighted by molar-refractivity contribution is 5.71. The summed E-state index contributed by atoms with van der Waals surface area (Å²) in [5, 5.41) is 3.26. The Kier molecular flexibility index (Phi) is 2.83. The predicted molar refractivity (Wildman–Crippen MR) is 76.5 cm³/mol. The Morgan fingerprint density at radius 2 is 1.79 bits per heavy atom. The smallest absolute Gasteiger partial charge is 0.180 e. The van der Waals surface area contributed by atoms with E-state index < -0.39 is 0 Å². The highest BCUT2D eigenvalue weighted by atomic mass is 15.0. The molecule has 0 bridgehead atoms. The lowest BCUT2D eigenvalue weighted by molar-refractivity contribution is 1.22. The Labute approximate surface area is 111 Å². The third-order valence-corrected chi connectivity index (χ3v) is 2.81. The van der Waals surface area contributed by atoms with E-state index in [1.165, 1.54) is 11.1 Å². The molecule has 2 heterocycles. The zero-order valence-corrected chi connectivity index (χ0v) is 10.9. The van der Waals surface area contributed by atoms with Gasteiger partial charge in [0, 0.05) is 11.9 Å². The van der Waals surface area contributed by atoms with Gasteiger partial charge >= 0.3 is 0 Å². The number of fused-ring (bicyclic) bond motifs is 1. The van der Waals surface area contributed by atoms with Crippen LogP contribution in [0, 0.1) is 13.8 Å². The number of pyridine rings is 1. The number of nitrogens with one attached hydrogen (secondary N) is 1. The van der Waals surface area contributed by atoms with Crippen LogP contribution in [-0.2, 0) is 0 Å². The number of anilines is 2. The van der Waals surface area contributed by atoms with Gasteiger partial charge in [-0.05, 0) is 49.2 Å². The van der Waals surface area contributed by atoms with Gasteiger partial charge in [-0.3, -0.25) is 0 Å². The fourth-order valence-corrected chi connectivity index (χ4v) is 2.10. The van der Waals surface area contributed by atoms with Crippen molar-refractivity contribution in [3.8, 4) is 0 Å². The van der Waals surface area contributed by atoms with E-state index in [0.29, 0.717) is 11.5 Å². The van der Waals surface area contributed by atoms with Crippen LogP contribution in [-0.4, -0.2) is 15.0 Å². The SMILES string of the molecule is Cc1cc(C)cc(Nc2cnc3cccnc3n2)c1. The van der Waals surface area contributed by atoms with Gasteiger partial charge in [-0.25, -0.2) is 15.0 Å². The van der Waals surface area contributed by atoms with Gasteiger partial charge in [-0.2, -0.15) is 0 Å². The van der Waals surface area contributed by atoms with Gasteiger partial charge in [0.15, 0.2) is 11.5 Å². The van der Waals surface area contributed by atoms with Gasteiger partial charge in [0.2, 0.25) is 0 Å². The lowest BCUT2D eigenvalue weighted by Gasteiger charge is -2.08. The van der Waals surface area contributed by atoms with Gasteiger partial charge in [0.1, 0.15) is 5.52 Å². The van der Waals surface area contributed by atoms with E-state index in [-0.39, 0.29) is 0 Å². The zero-order chi connectivity index (χ0) is 13.2. The Balaban J connectivity index is 1.96. The van der Waals surface area contributed by atoms with E-state index in [2.05, 4.69) is 52.3 Å². The molecule has 4 heteroatoms. The largest absolute Gasteiger partial charge is 0.339 e. The second-order valence-electron chi connectivity index (χ2n) is 4.60. The number of aryl methyl sites for hydroxylation is 2. The average molecular weight is 250 g/mol. The minimum absolute atomic E-state index is 0.650. The lowest BCUT2D eigenvalue weighted by atomic mass is 10.1. The van der Waals surface area contributed by atoms with Crippen molar-refractivity contribution in [2.24, 2.45) is 0 Å². The minimum Gasteiger partial charge on any atom is -0.339 e. The van der Waals surface area contributed by atoms with Crippen molar-refractivity contribution in [3.05, 3.63) is 53.9 Å². The molecule has 0 atom stereocenters. The molecule has 3 rings (SSSR count). The number of hydrogen-bond donors (Lipinski definition) is 1. The van der Waals surface area contributed by atoms with Crippen LogP contribution in [0.25, 0.3) is 11.2 Å². The average Bonchev–Trinajstić information content (AvgIpc) is 2.37. The van der Waals surface area contributed by atoms with Crippen molar-refractivity contribution >= 4 is 22.7 Å². The third kappa shape index (κ3) is 2.52. The molecule has 19 heavy (non-hydrogen) atoms. The maximum absolute atomic E-state index is 4.45. The summed E-state index contributed by atoms with van der Waals surface area (Å²) >= 11 is 0. The van der Waals surface area contributed by atoms with Crippen LogP contribution in [0.2, 0.25) is 0 Å². The van der Waals surface area contributed by atoms with E-state index in [0.717, 1.165) is 11.2 Å². The number of hydrogen-bond acceptors (Lipinski definition) is 4.